The summed E-state index contributed by atoms with van der Waals surface area (Å²) >= 11 is 5.89. The normalized spacial score (nSPS) is 14.9. The van der Waals surface area contributed by atoms with Crippen LogP contribution in [0.4, 0.5) is 0 Å². The fourth-order valence-electron chi connectivity index (χ4n) is 2.49. The van der Waals surface area contributed by atoms with E-state index in [9.17, 15) is 9.59 Å². The molecule has 23 heavy (non-hydrogen) atoms. The molecular formula is C18H15ClO4. The monoisotopic (exact) mass is 330 g/mol. The van der Waals surface area contributed by atoms with Gasteiger partial charge in [0.05, 0.1) is 18.1 Å². The predicted molar refractivity (Wildman–Crippen MR) is 85.8 cm³/mol. The molecule has 1 aliphatic rings. The second-order valence-electron chi connectivity index (χ2n) is 5.49. The zero-order valence-electron chi connectivity index (χ0n) is 12.5. The van der Waals surface area contributed by atoms with Crippen LogP contribution in [0.25, 0.3) is 0 Å². The lowest BCUT2D eigenvalue weighted by Crippen LogP contribution is -2.25. The van der Waals surface area contributed by atoms with Crippen LogP contribution in [0.3, 0.4) is 0 Å². The van der Waals surface area contributed by atoms with E-state index in [-0.39, 0.29) is 5.97 Å². The number of methoxy groups -OCH3 is 1. The van der Waals surface area contributed by atoms with E-state index in [1.165, 1.54) is 7.11 Å². The average molecular weight is 331 g/mol. The van der Waals surface area contributed by atoms with Crippen LogP contribution >= 0.6 is 11.6 Å². The third-order valence-electron chi connectivity index (χ3n) is 4.02. The minimum Gasteiger partial charge on any atom is -0.465 e. The molecule has 0 N–H and O–H groups in total. The molecule has 5 heteroatoms. The highest BCUT2D eigenvalue weighted by atomic mass is 35.5. The first-order valence-electron chi connectivity index (χ1n) is 7.22. The van der Waals surface area contributed by atoms with Gasteiger partial charge in [0.2, 0.25) is 0 Å². The Hall–Kier alpha value is -2.33. The summed E-state index contributed by atoms with van der Waals surface area (Å²) in [6, 6.07) is 13.6. The van der Waals surface area contributed by atoms with Crippen molar-refractivity contribution < 1.29 is 19.1 Å². The number of ether oxygens (including phenoxy) is 2. The van der Waals surface area contributed by atoms with Gasteiger partial charge in [-0.15, -0.1) is 0 Å². The number of esters is 2. The van der Waals surface area contributed by atoms with E-state index in [1.807, 2.05) is 12.1 Å². The molecule has 0 spiro atoms. The van der Waals surface area contributed by atoms with Crippen LogP contribution in [0, 0.1) is 0 Å². The van der Waals surface area contributed by atoms with Crippen LogP contribution in [0.1, 0.15) is 28.8 Å². The maximum absolute atomic E-state index is 12.5. The van der Waals surface area contributed by atoms with Crippen LogP contribution in [0.2, 0.25) is 5.02 Å². The molecule has 0 saturated heterocycles. The topological polar surface area (TPSA) is 52.6 Å². The van der Waals surface area contributed by atoms with E-state index in [1.54, 1.807) is 36.4 Å². The Kier molecular flexibility index (Phi) is 4.09. The van der Waals surface area contributed by atoms with Crippen molar-refractivity contribution in [1.82, 2.24) is 0 Å². The molecule has 0 atom stereocenters. The van der Waals surface area contributed by atoms with Gasteiger partial charge in [-0.05, 0) is 54.8 Å². The van der Waals surface area contributed by atoms with Gasteiger partial charge in [0, 0.05) is 5.02 Å². The molecular weight excluding hydrogens is 316 g/mol. The third kappa shape index (κ3) is 3.08. The molecule has 0 aliphatic heterocycles. The molecule has 0 radical (unpaired) electrons. The predicted octanol–water partition coefficient (Wildman–Crippen LogP) is 3.76. The Bertz CT molecular complexity index is 731. The van der Waals surface area contributed by atoms with Crippen molar-refractivity contribution in [3.8, 4) is 5.75 Å². The molecule has 118 valence electrons. The second-order valence-corrected chi connectivity index (χ2v) is 5.93. The van der Waals surface area contributed by atoms with Gasteiger partial charge in [-0.3, -0.25) is 4.79 Å². The van der Waals surface area contributed by atoms with Crippen molar-refractivity contribution in [2.45, 2.75) is 18.3 Å². The largest absolute Gasteiger partial charge is 0.465 e. The first-order chi connectivity index (χ1) is 11.0. The van der Waals surface area contributed by atoms with Crippen LogP contribution < -0.4 is 4.74 Å². The first kappa shape index (κ1) is 15.6. The first-order valence-corrected chi connectivity index (χ1v) is 7.60. The number of hydrogen-bond acceptors (Lipinski definition) is 4. The highest BCUT2D eigenvalue weighted by Gasteiger charge is 2.53. The smallest absolute Gasteiger partial charge is 0.337 e. The van der Waals surface area contributed by atoms with Gasteiger partial charge in [-0.25, -0.2) is 4.79 Å². The molecule has 1 saturated carbocycles. The zero-order chi connectivity index (χ0) is 16.4. The van der Waals surface area contributed by atoms with Crippen molar-refractivity contribution in [2.75, 3.05) is 7.11 Å². The summed E-state index contributed by atoms with van der Waals surface area (Å²) in [6.07, 6.45) is 1.52. The number of carbonyl (C=O) groups excluding carboxylic acids is 2. The van der Waals surface area contributed by atoms with E-state index in [0.29, 0.717) is 16.3 Å². The van der Waals surface area contributed by atoms with E-state index < -0.39 is 11.4 Å². The highest BCUT2D eigenvalue weighted by Crippen LogP contribution is 2.49. The lowest BCUT2D eigenvalue weighted by molar-refractivity contribution is -0.137. The van der Waals surface area contributed by atoms with Crippen molar-refractivity contribution in [1.29, 1.82) is 0 Å². The fraction of sp³-hybridized carbons (Fsp3) is 0.222. The molecule has 3 rings (SSSR count). The van der Waals surface area contributed by atoms with Crippen LogP contribution in [-0.4, -0.2) is 19.0 Å². The zero-order valence-corrected chi connectivity index (χ0v) is 13.3. The minimum absolute atomic E-state index is 0.286. The van der Waals surface area contributed by atoms with Crippen molar-refractivity contribution >= 4 is 23.5 Å². The number of halogens is 1. The van der Waals surface area contributed by atoms with Crippen LogP contribution in [0.5, 0.6) is 5.75 Å². The highest BCUT2D eigenvalue weighted by molar-refractivity contribution is 6.30. The fourth-order valence-corrected chi connectivity index (χ4v) is 2.61. The SMILES string of the molecule is COC(=O)c1ccc(OC(=O)C2(c3ccc(Cl)cc3)CC2)cc1. The lowest BCUT2D eigenvalue weighted by Gasteiger charge is -2.15. The van der Waals surface area contributed by atoms with E-state index >= 15 is 0 Å². The summed E-state index contributed by atoms with van der Waals surface area (Å²) < 4.78 is 10.1. The number of carbonyl (C=O) groups is 2. The average Bonchev–Trinajstić information content (AvgIpc) is 3.37. The summed E-state index contributed by atoms with van der Waals surface area (Å²) in [5, 5.41) is 0.635. The Morgan fingerprint density at radius 3 is 2.13 bits per heavy atom. The Morgan fingerprint density at radius 1 is 1.00 bits per heavy atom. The molecule has 4 nitrogen and oxygen atoms in total. The van der Waals surface area contributed by atoms with Crippen LogP contribution in [0.15, 0.2) is 48.5 Å². The summed E-state index contributed by atoms with van der Waals surface area (Å²) in [7, 11) is 1.32. The Balaban J connectivity index is 1.74. The molecule has 2 aromatic carbocycles. The molecule has 0 aromatic heterocycles. The summed E-state index contributed by atoms with van der Waals surface area (Å²) in [5.74, 6) is -0.309. The molecule has 0 heterocycles. The van der Waals surface area contributed by atoms with E-state index in [4.69, 9.17) is 16.3 Å². The van der Waals surface area contributed by atoms with Crippen molar-refractivity contribution in [2.24, 2.45) is 0 Å². The van der Waals surface area contributed by atoms with Crippen molar-refractivity contribution in [3.63, 3.8) is 0 Å². The van der Waals surface area contributed by atoms with Gasteiger partial charge in [0.15, 0.2) is 0 Å². The molecule has 1 aliphatic carbocycles. The number of rotatable bonds is 4. The van der Waals surface area contributed by atoms with E-state index in [2.05, 4.69) is 4.74 Å². The second kappa shape index (κ2) is 6.05. The number of benzene rings is 2. The van der Waals surface area contributed by atoms with Gasteiger partial charge in [0.25, 0.3) is 0 Å². The molecule has 0 unspecified atom stereocenters. The molecule has 0 amide bonds. The number of hydrogen-bond donors (Lipinski definition) is 0. The van der Waals surface area contributed by atoms with Crippen LogP contribution in [-0.2, 0) is 14.9 Å². The third-order valence-corrected chi connectivity index (χ3v) is 4.28. The van der Waals surface area contributed by atoms with Gasteiger partial charge in [-0.1, -0.05) is 23.7 Å². The van der Waals surface area contributed by atoms with Gasteiger partial charge in [0.1, 0.15) is 5.75 Å². The van der Waals surface area contributed by atoms with Gasteiger partial charge < -0.3 is 9.47 Å². The Labute approximate surface area is 139 Å². The van der Waals surface area contributed by atoms with Crippen molar-refractivity contribution in [3.05, 3.63) is 64.7 Å². The van der Waals surface area contributed by atoms with Gasteiger partial charge in [-0.2, -0.15) is 0 Å². The lowest BCUT2D eigenvalue weighted by atomic mass is 9.96. The summed E-state index contributed by atoms with van der Waals surface area (Å²) in [4.78, 5) is 23.9. The summed E-state index contributed by atoms with van der Waals surface area (Å²) in [6.45, 7) is 0. The molecule has 1 fully saturated rings. The molecule has 0 bridgehead atoms. The minimum atomic E-state index is -0.578. The maximum Gasteiger partial charge on any atom is 0.337 e. The van der Waals surface area contributed by atoms with Gasteiger partial charge >= 0.3 is 11.9 Å². The standard InChI is InChI=1S/C18H15ClO4/c1-22-16(20)12-2-8-15(9-3-12)23-17(21)18(10-11-18)13-4-6-14(19)7-5-13/h2-9H,10-11H2,1H3. The molecule has 2 aromatic rings. The Morgan fingerprint density at radius 2 is 1.61 bits per heavy atom. The van der Waals surface area contributed by atoms with E-state index in [0.717, 1.165) is 18.4 Å². The maximum atomic E-state index is 12.5. The quantitative estimate of drug-likeness (QED) is 0.632. The summed E-state index contributed by atoms with van der Waals surface area (Å²) in [5.41, 5.74) is 0.746.